The second-order valence-electron chi connectivity index (χ2n) is 14.3. The van der Waals surface area contributed by atoms with Gasteiger partial charge < -0.3 is 13.7 Å². The van der Waals surface area contributed by atoms with Gasteiger partial charge in [-0.15, -0.1) is 0 Å². The maximum Gasteiger partial charge on any atom is 0.211 e. The smallest absolute Gasteiger partial charge is 0.211 e. The van der Waals surface area contributed by atoms with Crippen molar-refractivity contribution in [3.63, 3.8) is 0 Å². The summed E-state index contributed by atoms with van der Waals surface area (Å²) in [6.07, 6.45) is 0. The van der Waals surface area contributed by atoms with Crippen LogP contribution >= 0.6 is 0 Å². The van der Waals surface area contributed by atoms with Crippen LogP contribution in [0.4, 0.5) is 11.4 Å². The van der Waals surface area contributed by atoms with Gasteiger partial charge in [-0.3, -0.25) is 0 Å². The minimum atomic E-state index is 0.489. The van der Waals surface area contributed by atoms with E-state index in [-0.39, 0.29) is 0 Å². The zero-order chi connectivity index (χ0) is 38.2. The zero-order valence-corrected chi connectivity index (χ0v) is 30.3. The Balaban J connectivity index is 1.16. The molecule has 0 bridgehead atoms. The monoisotopic (exact) mass is 724 g/mol. The van der Waals surface area contributed by atoms with E-state index in [1.54, 1.807) is 0 Å². The third-order valence-corrected chi connectivity index (χ3v) is 11.3. The van der Waals surface area contributed by atoms with Gasteiger partial charge in [0.2, 0.25) is 5.69 Å². The van der Waals surface area contributed by atoms with Gasteiger partial charge in [-0.05, 0) is 89.3 Å². The minimum Gasteiger partial charge on any atom is -0.318 e. The lowest BCUT2D eigenvalue weighted by Gasteiger charge is -2.18. The number of benzene rings is 8. The molecule has 3 heterocycles. The first kappa shape index (κ1) is 32.1. The molecule has 0 radical (unpaired) electrons. The third-order valence-electron chi connectivity index (χ3n) is 11.3. The fourth-order valence-electron chi connectivity index (χ4n) is 8.90. The van der Waals surface area contributed by atoms with Crippen LogP contribution in [0.15, 0.2) is 170 Å². The van der Waals surface area contributed by atoms with Crippen LogP contribution in [0.25, 0.3) is 103 Å². The first-order valence-electron chi connectivity index (χ1n) is 18.6. The van der Waals surface area contributed by atoms with Crippen LogP contribution in [0.3, 0.4) is 0 Å². The molecule has 0 N–H and O–H groups in total. The quantitative estimate of drug-likeness (QED) is 0.167. The lowest BCUT2D eigenvalue weighted by atomic mass is 9.99. The number of aromatic nitrogens is 3. The van der Waals surface area contributed by atoms with Crippen molar-refractivity contribution in [1.82, 2.24) is 13.7 Å². The molecular weight excluding hydrogens is 697 g/mol. The lowest BCUT2D eigenvalue weighted by Crippen LogP contribution is -2.00. The van der Waals surface area contributed by atoms with E-state index in [2.05, 4.69) is 139 Å². The van der Waals surface area contributed by atoms with Crippen LogP contribution in [0.5, 0.6) is 0 Å². The standard InChI is InChI=1S/C51H28N6/c1-53-34-22-24-50-42(29-34)40-14-6-10-21-48(40)57(50)51-37(16-11-17-44(51)54-2)33-26-32(31-52)27-36(28-33)56-47-20-9-5-15-41(47)43-30-35(23-25-49(43)56)55-45-18-7-3-12-38(45)39-13-4-8-19-46(39)55/h3-30H. The van der Waals surface area contributed by atoms with Gasteiger partial charge in [0.05, 0.1) is 63.6 Å². The second-order valence-corrected chi connectivity index (χ2v) is 14.3. The summed E-state index contributed by atoms with van der Waals surface area (Å²) in [5.41, 5.74) is 12.1. The Morgan fingerprint density at radius 2 is 0.947 bits per heavy atom. The first-order valence-corrected chi connectivity index (χ1v) is 18.6. The third kappa shape index (κ3) is 4.68. The number of para-hydroxylation sites is 5. The summed E-state index contributed by atoms with van der Waals surface area (Å²) in [7, 11) is 0. The molecule has 0 fully saturated rings. The Morgan fingerprint density at radius 1 is 0.421 bits per heavy atom. The molecule has 6 heteroatoms. The second kappa shape index (κ2) is 12.3. The zero-order valence-electron chi connectivity index (χ0n) is 30.3. The number of nitriles is 1. The summed E-state index contributed by atoms with van der Waals surface area (Å²) < 4.78 is 6.72. The van der Waals surface area contributed by atoms with Crippen molar-refractivity contribution in [2.45, 2.75) is 0 Å². The van der Waals surface area contributed by atoms with Gasteiger partial charge in [0.1, 0.15) is 0 Å². The molecule has 11 rings (SSSR count). The first-order chi connectivity index (χ1) is 28.1. The highest BCUT2D eigenvalue weighted by Crippen LogP contribution is 2.43. The van der Waals surface area contributed by atoms with Gasteiger partial charge in [-0.2, -0.15) is 5.26 Å². The fourth-order valence-corrected chi connectivity index (χ4v) is 8.90. The molecule has 8 aromatic carbocycles. The number of hydrogen-bond acceptors (Lipinski definition) is 1. The highest BCUT2D eigenvalue weighted by atomic mass is 15.0. The predicted octanol–water partition coefficient (Wildman–Crippen LogP) is 13.6. The van der Waals surface area contributed by atoms with Crippen molar-refractivity contribution >= 4 is 76.8 Å². The van der Waals surface area contributed by atoms with E-state index in [1.807, 2.05) is 60.7 Å². The Kier molecular flexibility index (Phi) is 6.95. The lowest BCUT2D eigenvalue weighted by molar-refractivity contribution is 1.16. The van der Waals surface area contributed by atoms with Crippen LogP contribution in [0.1, 0.15) is 5.56 Å². The summed E-state index contributed by atoms with van der Waals surface area (Å²) in [6, 6.07) is 60.2. The van der Waals surface area contributed by atoms with Crippen molar-refractivity contribution < 1.29 is 0 Å². The maximum absolute atomic E-state index is 10.5. The van der Waals surface area contributed by atoms with Crippen molar-refractivity contribution in [1.29, 1.82) is 5.26 Å². The molecule has 57 heavy (non-hydrogen) atoms. The van der Waals surface area contributed by atoms with Crippen LogP contribution in [0.2, 0.25) is 0 Å². The van der Waals surface area contributed by atoms with Crippen molar-refractivity contribution in [3.05, 3.63) is 198 Å². The Hall–Kier alpha value is -8.37. The SMILES string of the molecule is [C-]#[N+]c1ccc2c(c1)c1ccccc1n2-c1c([N+]#[C-])cccc1-c1cc(C#N)cc(-n2c3ccccc3c3cc(-n4c5ccccc5c5ccccc54)ccc32)c1. The molecular formula is C51H28N6. The molecule has 0 unspecified atom stereocenters. The molecule has 0 aliphatic rings. The molecule has 3 aromatic heterocycles. The Labute approximate surface area is 327 Å². The van der Waals surface area contributed by atoms with Gasteiger partial charge >= 0.3 is 0 Å². The van der Waals surface area contributed by atoms with E-state index >= 15 is 0 Å². The van der Waals surface area contributed by atoms with Gasteiger partial charge in [-0.25, -0.2) is 9.69 Å². The number of nitrogens with zero attached hydrogens (tertiary/aromatic N) is 6. The van der Waals surface area contributed by atoms with Gasteiger partial charge in [0, 0.05) is 38.3 Å². The summed E-state index contributed by atoms with van der Waals surface area (Å²) >= 11 is 0. The van der Waals surface area contributed by atoms with E-state index < -0.39 is 0 Å². The molecule has 0 saturated carbocycles. The van der Waals surface area contributed by atoms with E-state index in [9.17, 15) is 5.26 Å². The summed E-state index contributed by atoms with van der Waals surface area (Å²) in [5.74, 6) is 0. The van der Waals surface area contributed by atoms with Crippen LogP contribution in [-0.2, 0) is 0 Å². The molecule has 0 aliphatic heterocycles. The average Bonchev–Trinajstić information content (AvgIpc) is 3.91. The van der Waals surface area contributed by atoms with Gasteiger partial charge in [0.25, 0.3) is 0 Å². The molecule has 6 nitrogen and oxygen atoms in total. The minimum absolute atomic E-state index is 0.489. The number of hydrogen-bond donors (Lipinski definition) is 0. The van der Waals surface area contributed by atoms with Crippen molar-refractivity contribution in [2.24, 2.45) is 0 Å². The highest BCUT2D eigenvalue weighted by Gasteiger charge is 2.21. The number of rotatable bonds is 4. The van der Waals surface area contributed by atoms with Crippen LogP contribution in [0, 0.1) is 24.5 Å². The Morgan fingerprint density at radius 3 is 1.56 bits per heavy atom. The van der Waals surface area contributed by atoms with E-state index in [4.69, 9.17) is 13.1 Å². The fraction of sp³-hybridized carbons (Fsp3) is 0. The summed E-state index contributed by atoms with van der Waals surface area (Å²) in [4.78, 5) is 7.74. The molecule has 0 spiro atoms. The summed E-state index contributed by atoms with van der Waals surface area (Å²) in [6.45, 7) is 16.0. The largest absolute Gasteiger partial charge is 0.318 e. The molecule has 11 aromatic rings. The molecule has 262 valence electrons. The maximum atomic E-state index is 10.5. The topological polar surface area (TPSA) is 47.3 Å². The van der Waals surface area contributed by atoms with Crippen LogP contribution < -0.4 is 0 Å². The van der Waals surface area contributed by atoms with E-state index in [1.165, 1.54) is 10.8 Å². The molecule has 0 atom stereocenters. The van der Waals surface area contributed by atoms with Gasteiger partial charge in [0.15, 0.2) is 5.69 Å². The molecule has 0 aliphatic carbocycles. The molecule has 0 saturated heterocycles. The van der Waals surface area contributed by atoms with E-state index in [0.29, 0.717) is 16.9 Å². The van der Waals surface area contributed by atoms with Crippen molar-refractivity contribution in [2.75, 3.05) is 0 Å². The normalized spacial score (nSPS) is 11.5. The average molecular weight is 725 g/mol. The van der Waals surface area contributed by atoms with E-state index in [0.717, 1.165) is 82.8 Å². The van der Waals surface area contributed by atoms with Gasteiger partial charge in [-0.1, -0.05) is 97.1 Å². The molecule has 0 amide bonds. The highest BCUT2D eigenvalue weighted by molar-refractivity contribution is 6.13. The van der Waals surface area contributed by atoms with Crippen molar-refractivity contribution in [3.8, 4) is 34.3 Å². The van der Waals surface area contributed by atoms with Crippen LogP contribution in [-0.4, -0.2) is 13.7 Å². The summed E-state index contributed by atoms with van der Waals surface area (Å²) in [5, 5.41) is 17.1. The Bertz CT molecular complexity index is 3580. The number of fused-ring (bicyclic) bond motifs is 9. The predicted molar refractivity (Wildman–Crippen MR) is 232 cm³/mol.